The zero-order valence-corrected chi connectivity index (χ0v) is 18.5. The van der Waals surface area contributed by atoms with Gasteiger partial charge in [0.05, 0.1) is 0 Å². The Labute approximate surface area is 178 Å². The summed E-state index contributed by atoms with van der Waals surface area (Å²) in [4.78, 5) is 22.0. The Morgan fingerprint density at radius 1 is 1.13 bits per heavy atom. The minimum atomic E-state index is -2.21. The highest BCUT2D eigenvalue weighted by molar-refractivity contribution is 5.84. The van der Waals surface area contributed by atoms with Gasteiger partial charge in [0, 0.05) is 0 Å². The third-order valence-electron chi connectivity index (χ3n) is 5.20. The molecule has 0 radical (unpaired) electrons. The molecule has 0 amide bonds. The maximum atomic E-state index is 11.5. The maximum Gasteiger partial charge on any atom is 0.338 e. The molecule has 3 N–H and O–H groups in total. The van der Waals surface area contributed by atoms with Crippen LogP contribution in [-0.4, -0.2) is 46.1 Å². The van der Waals surface area contributed by atoms with Gasteiger partial charge < -0.3 is 20.1 Å². The molecule has 2 unspecified atom stereocenters. The van der Waals surface area contributed by atoms with Gasteiger partial charge in [0.1, 0.15) is 6.61 Å². The number of esters is 1. The molecule has 6 nitrogen and oxygen atoms in total. The smallest absolute Gasteiger partial charge is 0.338 e. The Hall–Kier alpha value is -2.44. The summed E-state index contributed by atoms with van der Waals surface area (Å²) in [5.41, 5.74) is 5.02. The second-order valence-corrected chi connectivity index (χ2v) is 8.34. The topological polar surface area (TPSA) is 104 Å². The van der Waals surface area contributed by atoms with E-state index in [9.17, 15) is 14.7 Å². The van der Waals surface area contributed by atoms with Gasteiger partial charge in [-0.1, -0.05) is 60.9 Å². The number of ether oxygens (including phenoxy) is 1. The van der Waals surface area contributed by atoms with Gasteiger partial charge in [-0.3, -0.25) is 0 Å². The predicted molar refractivity (Wildman–Crippen MR) is 117 cm³/mol. The number of aliphatic carboxylic acids is 1. The fraction of sp³-hybridized carbons (Fsp3) is 0.500. The number of carboxylic acid groups (broad SMARTS) is 1. The fourth-order valence-electron chi connectivity index (χ4n) is 3.30. The molecular formula is C24H34O6. The molecule has 0 saturated carbocycles. The standard InChI is InChI=1S/C24H34O6/c1-16(11-12-19-18(3)10-7-14-24(19,4)5)8-6-9-17(2)13-15-30-23(29)21(26)20(25)22(27)28/h6,8-9,11-13,20-21,25-26H,7,10,14-15H2,1-5H3,(H,27,28)/b9-6-,12-11?,16-8?,17-13?. The van der Waals surface area contributed by atoms with E-state index in [0.717, 1.165) is 17.6 Å². The average molecular weight is 419 g/mol. The van der Waals surface area contributed by atoms with Gasteiger partial charge in [-0.2, -0.15) is 0 Å². The summed E-state index contributed by atoms with van der Waals surface area (Å²) >= 11 is 0. The van der Waals surface area contributed by atoms with Crippen molar-refractivity contribution in [1.82, 2.24) is 0 Å². The third-order valence-corrected chi connectivity index (χ3v) is 5.20. The Balaban J connectivity index is 2.60. The van der Waals surface area contributed by atoms with E-state index < -0.39 is 24.1 Å². The van der Waals surface area contributed by atoms with Gasteiger partial charge >= 0.3 is 11.9 Å². The molecule has 166 valence electrons. The zero-order valence-electron chi connectivity index (χ0n) is 18.5. The molecule has 0 fully saturated rings. The number of carboxylic acids is 1. The summed E-state index contributed by atoms with van der Waals surface area (Å²) in [6.07, 6.45) is 11.0. The molecule has 0 spiro atoms. The van der Waals surface area contributed by atoms with Crippen LogP contribution in [0.1, 0.15) is 53.9 Å². The first kappa shape index (κ1) is 25.6. The lowest BCUT2D eigenvalue weighted by molar-refractivity contribution is -0.169. The first-order valence-corrected chi connectivity index (χ1v) is 10.1. The van der Waals surface area contributed by atoms with Crippen LogP contribution in [-0.2, 0) is 14.3 Å². The van der Waals surface area contributed by atoms with Gasteiger partial charge in [-0.05, 0) is 57.1 Å². The summed E-state index contributed by atoms with van der Waals surface area (Å²) in [5, 5.41) is 27.0. The number of aliphatic hydroxyl groups is 2. The largest absolute Gasteiger partial charge is 0.479 e. The van der Waals surface area contributed by atoms with E-state index in [1.165, 1.54) is 24.0 Å². The van der Waals surface area contributed by atoms with Crippen LogP contribution in [0.15, 0.2) is 58.7 Å². The number of hydrogen-bond acceptors (Lipinski definition) is 5. The molecule has 0 aliphatic heterocycles. The van der Waals surface area contributed by atoms with Crippen molar-refractivity contribution in [2.45, 2.75) is 66.1 Å². The van der Waals surface area contributed by atoms with Crippen LogP contribution in [0.4, 0.5) is 0 Å². The molecule has 0 saturated heterocycles. The van der Waals surface area contributed by atoms with Crippen molar-refractivity contribution in [2.24, 2.45) is 5.41 Å². The molecule has 0 heterocycles. The van der Waals surface area contributed by atoms with E-state index in [1.54, 1.807) is 6.08 Å². The SMILES string of the molecule is CC(C=CC1=C(C)CCCC1(C)C)=C/C=C\C(C)=CCOC(=O)C(O)C(O)C(=O)O. The summed E-state index contributed by atoms with van der Waals surface area (Å²) in [6, 6.07) is 0. The van der Waals surface area contributed by atoms with Gasteiger partial charge in [0.15, 0.2) is 12.2 Å². The van der Waals surface area contributed by atoms with Crippen LogP contribution in [0.3, 0.4) is 0 Å². The number of carbonyl (C=O) groups excluding carboxylic acids is 1. The van der Waals surface area contributed by atoms with Crippen LogP contribution in [0, 0.1) is 5.41 Å². The number of hydrogen-bond donors (Lipinski definition) is 3. The van der Waals surface area contributed by atoms with Gasteiger partial charge in [0.25, 0.3) is 0 Å². The minimum absolute atomic E-state index is 0.135. The van der Waals surface area contributed by atoms with Crippen LogP contribution < -0.4 is 0 Å². The lowest BCUT2D eigenvalue weighted by Gasteiger charge is -2.32. The second kappa shape index (κ2) is 11.7. The van der Waals surface area contributed by atoms with Gasteiger partial charge in [0.2, 0.25) is 0 Å². The second-order valence-electron chi connectivity index (χ2n) is 8.34. The predicted octanol–water partition coefficient (Wildman–Crippen LogP) is 3.87. The van der Waals surface area contributed by atoms with Crippen LogP contribution >= 0.6 is 0 Å². The lowest BCUT2D eigenvalue weighted by Crippen LogP contribution is -2.40. The number of rotatable bonds is 9. The molecule has 0 bridgehead atoms. The van der Waals surface area contributed by atoms with Crippen molar-refractivity contribution in [3.8, 4) is 0 Å². The van der Waals surface area contributed by atoms with E-state index in [1.807, 2.05) is 32.1 Å². The van der Waals surface area contributed by atoms with E-state index in [0.29, 0.717) is 0 Å². The highest BCUT2D eigenvalue weighted by Gasteiger charge is 2.31. The van der Waals surface area contributed by atoms with Crippen molar-refractivity contribution in [2.75, 3.05) is 6.61 Å². The molecule has 1 aliphatic carbocycles. The maximum absolute atomic E-state index is 11.5. The lowest BCUT2D eigenvalue weighted by atomic mass is 9.72. The fourth-order valence-corrected chi connectivity index (χ4v) is 3.30. The van der Waals surface area contributed by atoms with Crippen molar-refractivity contribution < 1.29 is 29.6 Å². The number of aliphatic hydroxyl groups excluding tert-OH is 2. The molecule has 2 atom stereocenters. The highest BCUT2D eigenvalue weighted by atomic mass is 16.5. The Morgan fingerprint density at radius 2 is 1.80 bits per heavy atom. The Morgan fingerprint density at radius 3 is 2.40 bits per heavy atom. The van der Waals surface area contributed by atoms with Crippen molar-refractivity contribution in [3.63, 3.8) is 0 Å². The van der Waals surface area contributed by atoms with Gasteiger partial charge in [-0.15, -0.1) is 0 Å². The first-order valence-electron chi connectivity index (χ1n) is 10.1. The molecule has 0 aromatic carbocycles. The van der Waals surface area contributed by atoms with E-state index in [2.05, 4.69) is 32.9 Å². The summed E-state index contributed by atoms with van der Waals surface area (Å²) in [7, 11) is 0. The molecule has 6 heteroatoms. The van der Waals surface area contributed by atoms with E-state index in [-0.39, 0.29) is 12.0 Å². The Bertz CT molecular complexity index is 780. The highest BCUT2D eigenvalue weighted by Crippen LogP contribution is 2.40. The zero-order chi connectivity index (χ0) is 22.9. The van der Waals surface area contributed by atoms with E-state index >= 15 is 0 Å². The average Bonchev–Trinajstić information content (AvgIpc) is 2.65. The van der Waals surface area contributed by atoms with E-state index in [4.69, 9.17) is 14.9 Å². The van der Waals surface area contributed by atoms with Crippen LogP contribution in [0.25, 0.3) is 0 Å². The van der Waals surface area contributed by atoms with Crippen molar-refractivity contribution >= 4 is 11.9 Å². The normalized spacial score (nSPS) is 20.0. The van der Waals surface area contributed by atoms with Crippen LogP contribution in [0.5, 0.6) is 0 Å². The monoisotopic (exact) mass is 418 g/mol. The van der Waals surface area contributed by atoms with Crippen molar-refractivity contribution in [3.05, 3.63) is 58.7 Å². The first-order chi connectivity index (χ1) is 14.0. The van der Waals surface area contributed by atoms with Gasteiger partial charge in [-0.25, -0.2) is 9.59 Å². The molecule has 30 heavy (non-hydrogen) atoms. The summed E-state index contributed by atoms with van der Waals surface area (Å²) in [5.74, 6) is -2.88. The minimum Gasteiger partial charge on any atom is -0.479 e. The summed E-state index contributed by atoms with van der Waals surface area (Å²) < 4.78 is 4.75. The quantitative estimate of drug-likeness (QED) is 0.388. The summed E-state index contributed by atoms with van der Waals surface area (Å²) in [6.45, 7) is 10.5. The Kier molecular flexibility index (Phi) is 9.96. The van der Waals surface area contributed by atoms with Crippen LogP contribution in [0.2, 0.25) is 0 Å². The third kappa shape index (κ3) is 8.13. The van der Waals surface area contributed by atoms with Crippen molar-refractivity contribution in [1.29, 1.82) is 0 Å². The molecule has 0 aromatic rings. The molecule has 1 rings (SSSR count). The number of carbonyl (C=O) groups is 2. The number of allylic oxidation sites excluding steroid dienone is 9. The molecular weight excluding hydrogens is 384 g/mol. The molecule has 0 aromatic heterocycles. The molecule has 1 aliphatic rings.